The number of nitrogens with zero attached hydrogens (tertiary/aromatic N) is 1. The Hall–Kier alpha value is -0.170. The van der Waals surface area contributed by atoms with Crippen LogP contribution in [0, 0.1) is 5.92 Å². The van der Waals surface area contributed by atoms with Gasteiger partial charge in [0.1, 0.15) is 0 Å². The summed E-state index contributed by atoms with van der Waals surface area (Å²) in [7, 11) is -1.48. The topological polar surface area (TPSA) is 58.6 Å². The Labute approximate surface area is 116 Å². The van der Waals surface area contributed by atoms with Crippen molar-refractivity contribution in [1.82, 2.24) is 9.62 Å². The first kappa shape index (κ1) is 15.2. The summed E-state index contributed by atoms with van der Waals surface area (Å²) in [4.78, 5) is 0. The molecule has 0 amide bonds. The first-order chi connectivity index (χ1) is 8.95. The smallest absolute Gasteiger partial charge is 0.214 e. The summed E-state index contributed by atoms with van der Waals surface area (Å²) < 4.78 is 32.1. The first-order valence-electron chi connectivity index (χ1n) is 7.19. The monoisotopic (exact) mass is 290 g/mol. The normalized spacial score (nSPS) is 34.3. The number of nitrogens with one attached hydrogen (secondary N) is 1. The summed E-state index contributed by atoms with van der Waals surface area (Å²) in [6.07, 6.45) is 3.91. The fraction of sp³-hybridized carbons (Fsp3) is 1.00. The van der Waals surface area contributed by atoms with Crippen LogP contribution in [0.2, 0.25) is 0 Å². The highest BCUT2D eigenvalue weighted by Gasteiger charge is 2.37. The Bertz CT molecular complexity index is 393. The highest BCUT2D eigenvalue weighted by atomic mass is 32.2. The number of piperidine rings is 2. The van der Waals surface area contributed by atoms with Crippen LogP contribution in [0.25, 0.3) is 0 Å². The predicted molar refractivity (Wildman–Crippen MR) is 75.6 cm³/mol. The summed E-state index contributed by atoms with van der Waals surface area (Å²) in [6.45, 7) is 4.97. The standard InChI is InChI=1S/C13H26N2O3S/c1-13(18-2)6-4-8-15(11-13)19(16,17)10-12-5-3-7-14-9-12/h12,14H,3-11H2,1-2H3. The molecule has 0 bridgehead atoms. The summed E-state index contributed by atoms with van der Waals surface area (Å²) in [5.41, 5.74) is -0.323. The molecule has 0 saturated carbocycles. The fourth-order valence-corrected chi connectivity index (χ4v) is 5.00. The quantitative estimate of drug-likeness (QED) is 0.833. The van der Waals surface area contributed by atoms with Crippen LogP contribution < -0.4 is 5.32 Å². The second-order valence-electron chi connectivity index (χ2n) is 6.08. The minimum atomic E-state index is -3.15. The second-order valence-corrected chi connectivity index (χ2v) is 8.10. The average Bonchev–Trinajstić information content (AvgIpc) is 2.39. The zero-order valence-electron chi connectivity index (χ0n) is 12.0. The molecule has 2 atom stereocenters. The number of methoxy groups -OCH3 is 1. The maximum atomic E-state index is 12.5. The largest absolute Gasteiger partial charge is 0.377 e. The molecule has 0 spiro atoms. The molecule has 2 aliphatic heterocycles. The van der Waals surface area contributed by atoms with Crippen molar-refractivity contribution in [3.05, 3.63) is 0 Å². The van der Waals surface area contributed by atoms with Crippen LogP contribution in [-0.4, -0.2) is 57.4 Å². The van der Waals surface area contributed by atoms with Gasteiger partial charge in [0.15, 0.2) is 0 Å². The van der Waals surface area contributed by atoms with Crippen molar-refractivity contribution in [3.8, 4) is 0 Å². The van der Waals surface area contributed by atoms with E-state index >= 15 is 0 Å². The van der Waals surface area contributed by atoms with Crippen molar-refractivity contribution in [2.45, 2.75) is 38.2 Å². The van der Waals surface area contributed by atoms with Crippen molar-refractivity contribution in [2.24, 2.45) is 5.92 Å². The van der Waals surface area contributed by atoms with Crippen LogP contribution in [0.15, 0.2) is 0 Å². The van der Waals surface area contributed by atoms with Crippen molar-refractivity contribution in [2.75, 3.05) is 39.0 Å². The molecule has 112 valence electrons. The van der Waals surface area contributed by atoms with Crippen molar-refractivity contribution in [1.29, 1.82) is 0 Å². The van der Waals surface area contributed by atoms with Gasteiger partial charge in [-0.25, -0.2) is 8.42 Å². The van der Waals surface area contributed by atoms with Crippen LogP contribution in [0.4, 0.5) is 0 Å². The SMILES string of the molecule is COC1(C)CCCN(S(=O)(=O)CC2CCCNC2)C1. The van der Waals surface area contributed by atoms with Gasteiger partial charge in [-0.2, -0.15) is 4.31 Å². The fourth-order valence-electron chi connectivity index (χ4n) is 3.03. The van der Waals surface area contributed by atoms with Gasteiger partial charge in [0.25, 0.3) is 0 Å². The van der Waals surface area contributed by atoms with E-state index < -0.39 is 10.0 Å². The zero-order chi connectivity index (χ0) is 13.9. The van der Waals surface area contributed by atoms with E-state index in [1.165, 1.54) is 0 Å². The minimum absolute atomic E-state index is 0.259. The third kappa shape index (κ3) is 3.90. The lowest BCUT2D eigenvalue weighted by molar-refractivity contribution is -0.0320. The number of hydrogen-bond acceptors (Lipinski definition) is 4. The van der Waals surface area contributed by atoms with Crippen LogP contribution in [0.1, 0.15) is 32.6 Å². The van der Waals surface area contributed by atoms with Crippen molar-refractivity contribution >= 4 is 10.0 Å². The molecular formula is C13H26N2O3S. The maximum absolute atomic E-state index is 12.5. The van der Waals surface area contributed by atoms with Gasteiger partial charge in [0.2, 0.25) is 10.0 Å². The van der Waals surface area contributed by atoms with Gasteiger partial charge in [-0.3, -0.25) is 0 Å². The third-order valence-corrected chi connectivity index (χ3v) is 6.35. The van der Waals surface area contributed by atoms with E-state index in [0.29, 0.717) is 13.1 Å². The molecule has 2 aliphatic rings. The highest BCUT2D eigenvalue weighted by molar-refractivity contribution is 7.89. The van der Waals surface area contributed by atoms with Gasteiger partial charge in [-0.15, -0.1) is 0 Å². The summed E-state index contributed by atoms with van der Waals surface area (Å²) >= 11 is 0. The molecule has 6 heteroatoms. The van der Waals surface area contributed by atoms with Gasteiger partial charge in [0.05, 0.1) is 11.4 Å². The van der Waals surface area contributed by atoms with E-state index in [9.17, 15) is 8.42 Å². The molecule has 5 nitrogen and oxygen atoms in total. The third-order valence-electron chi connectivity index (χ3n) is 4.36. The summed E-state index contributed by atoms with van der Waals surface area (Å²) in [5.74, 6) is 0.536. The Morgan fingerprint density at radius 1 is 1.42 bits per heavy atom. The first-order valence-corrected chi connectivity index (χ1v) is 8.80. The van der Waals surface area contributed by atoms with E-state index in [1.54, 1.807) is 11.4 Å². The molecule has 0 aromatic carbocycles. The van der Waals surface area contributed by atoms with E-state index in [1.807, 2.05) is 6.92 Å². The molecule has 1 N–H and O–H groups in total. The minimum Gasteiger partial charge on any atom is -0.377 e. The number of hydrogen-bond donors (Lipinski definition) is 1. The number of ether oxygens (including phenoxy) is 1. The lowest BCUT2D eigenvalue weighted by Crippen LogP contribution is -2.51. The Balaban J connectivity index is 1.98. The molecule has 0 aromatic rings. The Kier molecular flexibility index (Phi) is 4.87. The van der Waals surface area contributed by atoms with E-state index in [4.69, 9.17) is 4.74 Å². The average molecular weight is 290 g/mol. The number of rotatable bonds is 4. The van der Waals surface area contributed by atoms with Gasteiger partial charge in [-0.05, 0) is 51.6 Å². The van der Waals surface area contributed by atoms with Gasteiger partial charge >= 0.3 is 0 Å². The van der Waals surface area contributed by atoms with Gasteiger partial charge < -0.3 is 10.1 Å². The molecular weight excluding hydrogens is 264 g/mol. The van der Waals surface area contributed by atoms with Crippen molar-refractivity contribution in [3.63, 3.8) is 0 Å². The zero-order valence-corrected chi connectivity index (χ0v) is 12.8. The molecule has 2 saturated heterocycles. The summed E-state index contributed by atoms with van der Waals surface area (Å²) in [5, 5.41) is 3.28. The molecule has 2 unspecified atom stereocenters. The Morgan fingerprint density at radius 2 is 2.21 bits per heavy atom. The predicted octanol–water partition coefficient (Wildman–Crippen LogP) is 0.817. The lowest BCUT2D eigenvalue weighted by Gasteiger charge is -2.39. The lowest BCUT2D eigenvalue weighted by atomic mass is 9.96. The van der Waals surface area contributed by atoms with Crippen LogP contribution in [-0.2, 0) is 14.8 Å². The van der Waals surface area contributed by atoms with Crippen LogP contribution >= 0.6 is 0 Å². The second kappa shape index (κ2) is 6.08. The van der Waals surface area contributed by atoms with E-state index in [-0.39, 0.29) is 17.3 Å². The molecule has 2 heterocycles. The van der Waals surface area contributed by atoms with Gasteiger partial charge in [-0.1, -0.05) is 0 Å². The molecule has 19 heavy (non-hydrogen) atoms. The van der Waals surface area contributed by atoms with E-state index in [2.05, 4.69) is 5.32 Å². The molecule has 0 aliphatic carbocycles. The molecule has 2 rings (SSSR count). The van der Waals surface area contributed by atoms with Crippen LogP contribution in [0.3, 0.4) is 0 Å². The molecule has 0 aromatic heterocycles. The summed E-state index contributed by atoms with van der Waals surface area (Å²) in [6, 6.07) is 0. The Morgan fingerprint density at radius 3 is 2.84 bits per heavy atom. The highest BCUT2D eigenvalue weighted by Crippen LogP contribution is 2.27. The maximum Gasteiger partial charge on any atom is 0.214 e. The van der Waals surface area contributed by atoms with Gasteiger partial charge in [0, 0.05) is 20.2 Å². The molecule has 0 radical (unpaired) electrons. The van der Waals surface area contributed by atoms with E-state index in [0.717, 1.165) is 38.8 Å². The van der Waals surface area contributed by atoms with Crippen LogP contribution in [0.5, 0.6) is 0 Å². The van der Waals surface area contributed by atoms with Crippen molar-refractivity contribution < 1.29 is 13.2 Å². The molecule has 2 fully saturated rings. The number of sulfonamides is 1.